The van der Waals surface area contributed by atoms with Gasteiger partial charge in [0.05, 0.1) is 28.9 Å². The number of fused-ring (bicyclic) bond motifs is 1. The van der Waals surface area contributed by atoms with Gasteiger partial charge in [0.1, 0.15) is 11.5 Å². The lowest BCUT2D eigenvalue weighted by molar-refractivity contribution is -0.132. The smallest absolute Gasteiger partial charge is 0.301 e. The number of thiazole rings is 1. The standard InChI is InChI=1S/C26H19BrN2O4S/c1-14-3-5-16(6-4-14)23(30)21-22(15-7-9-17(27)10-8-15)29(25(32)24(21)31)26-28-19-12-11-18(33-2)13-20(19)34-26/h3-13,22,30H,1-2H3/b23-21+. The molecule has 1 fully saturated rings. The third-order valence-corrected chi connectivity index (χ3v) is 7.29. The third kappa shape index (κ3) is 3.78. The minimum absolute atomic E-state index is 0.0352. The molecule has 1 saturated heterocycles. The first-order valence-corrected chi connectivity index (χ1v) is 12.1. The number of amides is 1. The van der Waals surface area contributed by atoms with Crippen LogP contribution in [0, 0.1) is 6.92 Å². The summed E-state index contributed by atoms with van der Waals surface area (Å²) in [5.41, 5.74) is 2.91. The van der Waals surface area contributed by atoms with Gasteiger partial charge in [-0.25, -0.2) is 4.98 Å². The van der Waals surface area contributed by atoms with Gasteiger partial charge in [0, 0.05) is 10.0 Å². The molecule has 5 rings (SSSR count). The lowest BCUT2D eigenvalue weighted by Crippen LogP contribution is -2.29. The Bertz CT molecular complexity index is 1460. The number of anilines is 1. The second-order valence-corrected chi connectivity index (χ2v) is 9.84. The number of nitrogens with zero attached hydrogens (tertiary/aromatic N) is 2. The number of carbonyl (C=O) groups is 2. The molecule has 6 nitrogen and oxygen atoms in total. The van der Waals surface area contributed by atoms with Crippen molar-refractivity contribution in [2.45, 2.75) is 13.0 Å². The van der Waals surface area contributed by atoms with E-state index in [4.69, 9.17) is 4.74 Å². The van der Waals surface area contributed by atoms with Crippen molar-refractivity contribution in [3.63, 3.8) is 0 Å². The Balaban J connectivity index is 1.71. The molecule has 4 aromatic rings. The highest BCUT2D eigenvalue weighted by Crippen LogP contribution is 2.44. The van der Waals surface area contributed by atoms with Gasteiger partial charge in [-0.05, 0) is 42.8 Å². The zero-order valence-corrected chi connectivity index (χ0v) is 20.7. The first-order valence-electron chi connectivity index (χ1n) is 10.5. The average molecular weight is 535 g/mol. The van der Waals surface area contributed by atoms with Gasteiger partial charge in [0.2, 0.25) is 0 Å². The maximum Gasteiger partial charge on any atom is 0.301 e. The van der Waals surface area contributed by atoms with Crippen molar-refractivity contribution >= 4 is 60.1 Å². The predicted octanol–water partition coefficient (Wildman–Crippen LogP) is 6.00. The molecule has 1 aliphatic rings. The van der Waals surface area contributed by atoms with Crippen LogP contribution in [-0.2, 0) is 9.59 Å². The number of hydrogen-bond acceptors (Lipinski definition) is 6. The quantitative estimate of drug-likeness (QED) is 0.197. The van der Waals surface area contributed by atoms with Crippen molar-refractivity contribution < 1.29 is 19.4 Å². The number of hydrogen-bond donors (Lipinski definition) is 1. The van der Waals surface area contributed by atoms with Gasteiger partial charge >= 0.3 is 5.91 Å². The van der Waals surface area contributed by atoms with Crippen LogP contribution in [0.5, 0.6) is 5.75 Å². The average Bonchev–Trinajstić information content (AvgIpc) is 3.37. The van der Waals surface area contributed by atoms with E-state index in [9.17, 15) is 14.7 Å². The Labute approximate surface area is 208 Å². The SMILES string of the molecule is COc1ccc2nc(N3C(=O)C(=O)/C(=C(/O)c4ccc(C)cc4)C3c3ccc(Br)cc3)sc2c1. The van der Waals surface area contributed by atoms with E-state index in [0.717, 1.165) is 14.7 Å². The van der Waals surface area contributed by atoms with Gasteiger partial charge in [-0.15, -0.1) is 0 Å². The van der Waals surface area contributed by atoms with Crippen molar-refractivity contribution in [1.29, 1.82) is 0 Å². The fraction of sp³-hybridized carbons (Fsp3) is 0.115. The van der Waals surface area contributed by atoms with Crippen molar-refractivity contribution in [2.24, 2.45) is 0 Å². The summed E-state index contributed by atoms with van der Waals surface area (Å²) in [6.07, 6.45) is 0. The van der Waals surface area contributed by atoms with Crippen LogP contribution < -0.4 is 9.64 Å². The van der Waals surface area contributed by atoms with Crippen molar-refractivity contribution in [2.75, 3.05) is 12.0 Å². The van der Waals surface area contributed by atoms with E-state index in [-0.39, 0.29) is 11.3 Å². The lowest BCUT2D eigenvalue weighted by atomic mass is 9.95. The third-order valence-electron chi connectivity index (χ3n) is 5.75. The summed E-state index contributed by atoms with van der Waals surface area (Å²) < 4.78 is 6.99. The molecule has 0 spiro atoms. The number of Topliss-reactive ketones (excluding diaryl/α,β-unsaturated/α-hetero) is 1. The van der Waals surface area contributed by atoms with Crippen LogP contribution in [0.2, 0.25) is 0 Å². The largest absolute Gasteiger partial charge is 0.507 e. The Morgan fingerprint density at radius 3 is 2.44 bits per heavy atom. The molecule has 34 heavy (non-hydrogen) atoms. The van der Waals surface area contributed by atoms with Crippen molar-refractivity contribution in [3.8, 4) is 5.75 Å². The number of carbonyl (C=O) groups excluding carboxylic acids is 2. The van der Waals surface area contributed by atoms with Crippen LogP contribution in [0.4, 0.5) is 5.13 Å². The van der Waals surface area contributed by atoms with E-state index >= 15 is 0 Å². The molecular weight excluding hydrogens is 516 g/mol. The predicted molar refractivity (Wildman–Crippen MR) is 136 cm³/mol. The Hall–Kier alpha value is -3.49. The highest BCUT2D eigenvalue weighted by Gasteiger charge is 2.48. The Morgan fingerprint density at radius 1 is 1.06 bits per heavy atom. The fourth-order valence-corrected chi connectivity index (χ4v) is 5.27. The first-order chi connectivity index (χ1) is 16.4. The van der Waals surface area contributed by atoms with E-state index in [1.807, 2.05) is 55.5 Å². The van der Waals surface area contributed by atoms with Gasteiger partial charge in [-0.2, -0.15) is 0 Å². The summed E-state index contributed by atoms with van der Waals surface area (Å²) in [7, 11) is 1.58. The highest BCUT2D eigenvalue weighted by atomic mass is 79.9. The molecule has 1 atom stereocenters. The molecule has 170 valence electrons. The summed E-state index contributed by atoms with van der Waals surface area (Å²) in [5, 5.41) is 11.6. The summed E-state index contributed by atoms with van der Waals surface area (Å²) in [5.74, 6) is -1.01. The first kappa shape index (κ1) is 22.3. The number of ketones is 1. The second-order valence-electron chi connectivity index (χ2n) is 7.92. The molecule has 1 unspecified atom stereocenters. The van der Waals surface area contributed by atoms with Crippen LogP contribution in [0.1, 0.15) is 22.7 Å². The zero-order chi connectivity index (χ0) is 24.0. The number of ether oxygens (including phenoxy) is 1. The van der Waals surface area contributed by atoms with E-state index in [1.54, 1.807) is 25.3 Å². The Morgan fingerprint density at radius 2 is 1.76 bits per heavy atom. The van der Waals surface area contributed by atoms with Gasteiger partial charge in [-0.1, -0.05) is 69.2 Å². The normalized spacial score (nSPS) is 17.5. The van der Waals surface area contributed by atoms with Gasteiger partial charge in [-0.3, -0.25) is 14.5 Å². The molecule has 1 aliphatic heterocycles. The monoisotopic (exact) mass is 534 g/mol. The fourth-order valence-electron chi connectivity index (χ4n) is 3.98. The van der Waals surface area contributed by atoms with Crippen molar-refractivity contribution in [3.05, 3.63) is 93.5 Å². The maximum atomic E-state index is 13.3. The topological polar surface area (TPSA) is 79.7 Å². The van der Waals surface area contributed by atoms with Crippen LogP contribution in [0.25, 0.3) is 16.0 Å². The van der Waals surface area contributed by atoms with Gasteiger partial charge in [0.25, 0.3) is 5.78 Å². The minimum atomic E-state index is -0.822. The van der Waals surface area contributed by atoms with Gasteiger partial charge < -0.3 is 9.84 Å². The molecule has 1 N–H and O–H groups in total. The van der Waals surface area contributed by atoms with E-state index in [1.165, 1.54) is 16.2 Å². The number of benzene rings is 3. The van der Waals surface area contributed by atoms with Crippen LogP contribution >= 0.6 is 27.3 Å². The number of aliphatic hydroxyl groups is 1. The lowest BCUT2D eigenvalue weighted by Gasteiger charge is -2.23. The zero-order valence-electron chi connectivity index (χ0n) is 18.3. The summed E-state index contributed by atoms with van der Waals surface area (Å²) in [4.78, 5) is 32.6. The summed E-state index contributed by atoms with van der Waals surface area (Å²) in [6.45, 7) is 1.94. The van der Waals surface area contributed by atoms with Crippen LogP contribution in [0.15, 0.2) is 76.8 Å². The molecule has 0 bridgehead atoms. The Kier molecular flexibility index (Phi) is 5.71. The van der Waals surface area contributed by atoms with Crippen LogP contribution in [0.3, 0.4) is 0 Å². The summed E-state index contributed by atoms with van der Waals surface area (Å²) >= 11 is 4.72. The van der Waals surface area contributed by atoms with Crippen molar-refractivity contribution in [1.82, 2.24) is 4.98 Å². The molecule has 1 aromatic heterocycles. The van der Waals surface area contributed by atoms with Crippen LogP contribution in [-0.4, -0.2) is 28.9 Å². The molecular formula is C26H19BrN2O4S. The number of aromatic nitrogens is 1. The minimum Gasteiger partial charge on any atom is -0.507 e. The molecule has 8 heteroatoms. The van der Waals surface area contributed by atoms with Gasteiger partial charge in [0.15, 0.2) is 5.13 Å². The van der Waals surface area contributed by atoms with E-state index < -0.39 is 17.7 Å². The molecule has 0 aliphatic carbocycles. The summed E-state index contributed by atoms with van der Waals surface area (Å²) in [6, 6.07) is 19.1. The number of halogens is 1. The molecule has 3 aromatic carbocycles. The second kappa shape index (κ2) is 8.70. The van der Waals surface area contributed by atoms with E-state index in [2.05, 4.69) is 20.9 Å². The molecule has 1 amide bonds. The number of aryl methyl sites for hydroxylation is 1. The highest BCUT2D eigenvalue weighted by molar-refractivity contribution is 9.10. The number of methoxy groups -OCH3 is 1. The molecule has 0 saturated carbocycles. The maximum absolute atomic E-state index is 13.3. The number of rotatable bonds is 4. The number of aliphatic hydroxyl groups excluding tert-OH is 1. The molecule has 2 heterocycles. The molecule has 0 radical (unpaired) electrons. The van der Waals surface area contributed by atoms with E-state index in [0.29, 0.717) is 27.5 Å².